The molecule has 0 radical (unpaired) electrons. The molecule has 0 bridgehead atoms. The maximum absolute atomic E-state index is 12.4. The molecule has 1 aromatic carbocycles. The van der Waals surface area contributed by atoms with Crippen LogP contribution in [0.3, 0.4) is 0 Å². The van der Waals surface area contributed by atoms with Crippen LogP contribution >= 0.6 is 0 Å². The van der Waals surface area contributed by atoms with Gasteiger partial charge in [-0.2, -0.15) is 0 Å². The average Bonchev–Trinajstić information content (AvgIpc) is 2.64. The first kappa shape index (κ1) is 22.7. The average molecular weight is 410 g/mol. The molecule has 0 unspecified atom stereocenters. The molecular formula is C21H35N3O3S. The van der Waals surface area contributed by atoms with Crippen LogP contribution in [-0.2, 0) is 14.8 Å². The summed E-state index contributed by atoms with van der Waals surface area (Å²) in [6, 6.07) is 7.37. The van der Waals surface area contributed by atoms with E-state index in [1.807, 2.05) is 26.0 Å². The maximum atomic E-state index is 12.4. The highest BCUT2D eigenvalue weighted by Crippen LogP contribution is 2.28. The Labute approximate surface area is 170 Å². The molecule has 2 rings (SSSR count). The van der Waals surface area contributed by atoms with Gasteiger partial charge in [-0.15, -0.1) is 0 Å². The quantitative estimate of drug-likeness (QED) is 0.637. The topological polar surface area (TPSA) is 69.7 Å². The molecule has 0 saturated carbocycles. The molecular weight excluding hydrogens is 374 g/mol. The zero-order chi connectivity index (χ0) is 20.7. The van der Waals surface area contributed by atoms with Crippen LogP contribution < -0.4 is 9.62 Å². The predicted octanol–water partition coefficient (Wildman–Crippen LogP) is 2.81. The van der Waals surface area contributed by atoms with Crippen molar-refractivity contribution in [2.24, 2.45) is 5.92 Å². The Morgan fingerprint density at radius 1 is 1.25 bits per heavy atom. The minimum absolute atomic E-state index is 0.163. The fourth-order valence-electron chi connectivity index (χ4n) is 3.59. The Kier molecular flexibility index (Phi) is 8.31. The van der Waals surface area contributed by atoms with E-state index in [4.69, 9.17) is 0 Å². The number of sulfonamides is 1. The summed E-state index contributed by atoms with van der Waals surface area (Å²) in [5, 5.41) is 2.88. The molecule has 1 aliphatic rings. The fourth-order valence-corrected chi connectivity index (χ4v) is 4.46. The van der Waals surface area contributed by atoms with Crippen molar-refractivity contribution in [3.05, 3.63) is 29.8 Å². The van der Waals surface area contributed by atoms with Gasteiger partial charge in [-0.05, 0) is 62.4 Å². The lowest BCUT2D eigenvalue weighted by Gasteiger charge is -2.30. The van der Waals surface area contributed by atoms with Crippen molar-refractivity contribution in [2.75, 3.05) is 43.3 Å². The van der Waals surface area contributed by atoms with Gasteiger partial charge in [-0.1, -0.05) is 39.0 Å². The minimum atomic E-state index is -3.56. The van der Waals surface area contributed by atoms with Crippen molar-refractivity contribution in [1.82, 2.24) is 10.2 Å². The summed E-state index contributed by atoms with van der Waals surface area (Å²) in [7, 11) is -3.56. The van der Waals surface area contributed by atoms with Gasteiger partial charge in [-0.25, -0.2) is 8.42 Å². The van der Waals surface area contributed by atoms with Crippen molar-refractivity contribution >= 4 is 21.6 Å². The molecule has 0 aromatic heterocycles. The molecule has 158 valence electrons. The first-order valence-electron chi connectivity index (χ1n) is 10.2. The third kappa shape index (κ3) is 6.78. The van der Waals surface area contributed by atoms with Crippen LogP contribution in [0.2, 0.25) is 0 Å². The van der Waals surface area contributed by atoms with Crippen molar-refractivity contribution in [3.8, 4) is 0 Å². The standard InChI is InChI=1S/C21H35N3O3S/c1-17(2)19-8-5-6-9-20(19)24(28(4,26)27)16-21(25)22-12-7-13-23-14-10-18(3)11-15-23/h5-6,8-9,17-18H,7,10-16H2,1-4H3,(H,22,25). The summed E-state index contributed by atoms with van der Waals surface area (Å²) in [6.45, 7) is 9.92. The number of hydrogen-bond acceptors (Lipinski definition) is 4. The lowest BCUT2D eigenvalue weighted by molar-refractivity contribution is -0.119. The van der Waals surface area contributed by atoms with Gasteiger partial charge >= 0.3 is 0 Å². The predicted molar refractivity (Wildman–Crippen MR) is 115 cm³/mol. The number of benzene rings is 1. The second-order valence-electron chi connectivity index (χ2n) is 8.21. The second-order valence-corrected chi connectivity index (χ2v) is 10.1. The Morgan fingerprint density at radius 2 is 1.89 bits per heavy atom. The molecule has 1 heterocycles. The van der Waals surface area contributed by atoms with Gasteiger partial charge in [-0.3, -0.25) is 9.10 Å². The molecule has 1 aromatic rings. The first-order chi connectivity index (χ1) is 13.2. The number of piperidine rings is 1. The van der Waals surface area contributed by atoms with E-state index in [1.54, 1.807) is 12.1 Å². The molecule has 1 aliphatic heterocycles. The van der Waals surface area contributed by atoms with Gasteiger partial charge in [0.15, 0.2) is 0 Å². The van der Waals surface area contributed by atoms with Crippen LogP contribution in [0.4, 0.5) is 5.69 Å². The number of likely N-dealkylation sites (tertiary alicyclic amines) is 1. The van der Waals surface area contributed by atoms with Crippen molar-refractivity contribution in [1.29, 1.82) is 0 Å². The Hall–Kier alpha value is -1.60. The largest absolute Gasteiger partial charge is 0.354 e. The van der Waals surface area contributed by atoms with E-state index in [0.29, 0.717) is 12.2 Å². The van der Waals surface area contributed by atoms with E-state index >= 15 is 0 Å². The fraction of sp³-hybridized carbons (Fsp3) is 0.667. The van der Waals surface area contributed by atoms with Crippen molar-refractivity contribution in [2.45, 2.75) is 46.0 Å². The number of carbonyl (C=O) groups is 1. The highest BCUT2D eigenvalue weighted by atomic mass is 32.2. The Balaban J connectivity index is 1.90. The zero-order valence-corrected chi connectivity index (χ0v) is 18.5. The normalized spacial score (nSPS) is 16.3. The van der Waals surface area contributed by atoms with Gasteiger partial charge in [0.2, 0.25) is 15.9 Å². The van der Waals surface area contributed by atoms with Crippen molar-refractivity contribution < 1.29 is 13.2 Å². The number of nitrogens with one attached hydrogen (secondary N) is 1. The third-order valence-electron chi connectivity index (χ3n) is 5.36. The lowest BCUT2D eigenvalue weighted by Crippen LogP contribution is -2.41. The number of hydrogen-bond donors (Lipinski definition) is 1. The molecule has 0 atom stereocenters. The molecule has 0 spiro atoms. The monoisotopic (exact) mass is 409 g/mol. The summed E-state index contributed by atoms with van der Waals surface area (Å²) in [5.74, 6) is 0.707. The molecule has 6 nitrogen and oxygen atoms in total. The maximum Gasteiger partial charge on any atom is 0.240 e. The highest BCUT2D eigenvalue weighted by molar-refractivity contribution is 7.92. The van der Waals surface area contributed by atoms with Gasteiger partial charge in [0.1, 0.15) is 6.54 Å². The van der Waals surface area contributed by atoms with E-state index in [0.717, 1.165) is 43.8 Å². The second kappa shape index (κ2) is 10.3. The number of amides is 1. The van der Waals surface area contributed by atoms with Gasteiger partial charge in [0, 0.05) is 6.54 Å². The molecule has 7 heteroatoms. The zero-order valence-electron chi connectivity index (χ0n) is 17.6. The third-order valence-corrected chi connectivity index (χ3v) is 6.49. The number of anilines is 1. The van der Waals surface area contributed by atoms with Gasteiger partial charge in [0.25, 0.3) is 0 Å². The van der Waals surface area contributed by atoms with Crippen molar-refractivity contribution in [3.63, 3.8) is 0 Å². The summed E-state index contributed by atoms with van der Waals surface area (Å²) >= 11 is 0. The summed E-state index contributed by atoms with van der Waals surface area (Å²) in [4.78, 5) is 14.9. The Bertz CT molecular complexity index is 741. The molecule has 0 aliphatic carbocycles. The van der Waals surface area contributed by atoms with E-state index in [2.05, 4.69) is 17.1 Å². The van der Waals surface area contributed by atoms with E-state index in [-0.39, 0.29) is 18.4 Å². The van der Waals surface area contributed by atoms with Crippen LogP contribution in [0.5, 0.6) is 0 Å². The molecule has 1 saturated heterocycles. The van der Waals surface area contributed by atoms with Crippen LogP contribution in [0.1, 0.15) is 51.5 Å². The first-order valence-corrected chi connectivity index (χ1v) is 12.1. The van der Waals surface area contributed by atoms with Gasteiger partial charge < -0.3 is 10.2 Å². The van der Waals surface area contributed by atoms with E-state index < -0.39 is 10.0 Å². The number of nitrogens with zero attached hydrogens (tertiary/aromatic N) is 2. The summed E-state index contributed by atoms with van der Waals surface area (Å²) in [6.07, 6.45) is 4.51. The Morgan fingerprint density at radius 3 is 2.50 bits per heavy atom. The van der Waals surface area contributed by atoms with Crippen LogP contribution in [-0.4, -0.2) is 58.2 Å². The SMILES string of the molecule is CC1CCN(CCCNC(=O)CN(c2ccccc2C(C)C)S(C)(=O)=O)CC1. The van der Waals surface area contributed by atoms with Gasteiger partial charge in [0.05, 0.1) is 11.9 Å². The smallest absolute Gasteiger partial charge is 0.240 e. The molecule has 28 heavy (non-hydrogen) atoms. The lowest BCUT2D eigenvalue weighted by atomic mass is 9.99. The highest BCUT2D eigenvalue weighted by Gasteiger charge is 2.24. The van der Waals surface area contributed by atoms with Crippen LogP contribution in [0.25, 0.3) is 0 Å². The van der Waals surface area contributed by atoms with Crippen LogP contribution in [0, 0.1) is 5.92 Å². The van der Waals surface area contributed by atoms with Crippen LogP contribution in [0.15, 0.2) is 24.3 Å². The number of carbonyl (C=O) groups excluding carboxylic acids is 1. The molecule has 1 amide bonds. The molecule has 1 N–H and O–H groups in total. The van der Waals surface area contributed by atoms with E-state index in [1.165, 1.54) is 17.1 Å². The molecule has 1 fully saturated rings. The number of rotatable bonds is 9. The number of para-hydroxylation sites is 1. The summed E-state index contributed by atoms with van der Waals surface area (Å²) < 4.78 is 25.9. The minimum Gasteiger partial charge on any atom is -0.354 e. The van der Waals surface area contributed by atoms with E-state index in [9.17, 15) is 13.2 Å². The summed E-state index contributed by atoms with van der Waals surface area (Å²) in [5.41, 5.74) is 1.50.